The molecule has 25 heavy (non-hydrogen) atoms. The molecule has 3 aromatic heterocycles. The number of aromatic nitrogens is 5. The van der Waals surface area contributed by atoms with Gasteiger partial charge in [0.25, 0.3) is 5.91 Å². The number of nitrogens with one attached hydrogen (secondary N) is 1. The van der Waals surface area contributed by atoms with Crippen LogP contribution in [0.5, 0.6) is 0 Å². The molecule has 7 nitrogen and oxygen atoms in total. The number of carbonyl (C=O) groups excluding carboxylic acids is 1. The predicted molar refractivity (Wildman–Crippen MR) is 94.7 cm³/mol. The summed E-state index contributed by atoms with van der Waals surface area (Å²) < 4.78 is 1.74. The van der Waals surface area contributed by atoms with Crippen LogP contribution in [0.2, 0.25) is 0 Å². The van der Waals surface area contributed by atoms with E-state index in [2.05, 4.69) is 20.4 Å². The van der Waals surface area contributed by atoms with Gasteiger partial charge in [-0.15, -0.1) is 0 Å². The van der Waals surface area contributed by atoms with Gasteiger partial charge in [-0.25, -0.2) is 15.0 Å². The van der Waals surface area contributed by atoms with E-state index in [0.717, 1.165) is 46.7 Å². The van der Waals surface area contributed by atoms with Gasteiger partial charge in [-0.3, -0.25) is 14.8 Å². The maximum atomic E-state index is 13.0. The summed E-state index contributed by atoms with van der Waals surface area (Å²) in [5.41, 5.74) is 4.72. The molecule has 1 saturated carbocycles. The smallest absolute Gasteiger partial charge is 0.258 e. The van der Waals surface area contributed by atoms with Crippen molar-refractivity contribution in [1.82, 2.24) is 24.7 Å². The Morgan fingerprint density at radius 3 is 2.44 bits per heavy atom. The number of aryl methyl sites for hydroxylation is 4. The molecule has 0 spiro atoms. The number of carbonyl (C=O) groups is 1. The molecule has 3 aromatic rings. The maximum Gasteiger partial charge on any atom is 0.258 e. The van der Waals surface area contributed by atoms with E-state index in [1.54, 1.807) is 4.68 Å². The summed E-state index contributed by atoms with van der Waals surface area (Å²) in [6, 6.07) is 3.77. The third-order valence-electron chi connectivity index (χ3n) is 4.44. The van der Waals surface area contributed by atoms with Gasteiger partial charge in [0.15, 0.2) is 5.65 Å². The second-order valence-corrected chi connectivity index (χ2v) is 6.71. The van der Waals surface area contributed by atoms with Crippen molar-refractivity contribution >= 4 is 22.9 Å². The lowest BCUT2D eigenvalue weighted by atomic mass is 10.1. The van der Waals surface area contributed by atoms with E-state index in [4.69, 9.17) is 4.98 Å². The van der Waals surface area contributed by atoms with Crippen LogP contribution < -0.4 is 5.32 Å². The fourth-order valence-corrected chi connectivity index (χ4v) is 3.18. The summed E-state index contributed by atoms with van der Waals surface area (Å²) in [7, 11) is 1.85. The molecule has 0 aliphatic heterocycles. The van der Waals surface area contributed by atoms with Crippen molar-refractivity contribution < 1.29 is 4.79 Å². The first-order valence-electron chi connectivity index (χ1n) is 8.40. The number of amides is 1. The lowest BCUT2D eigenvalue weighted by Crippen LogP contribution is -2.16. The lowest BCUT2D eigenvalue weighted by Gasteiger charge is -2.09. The molecular weight excluding hydrogens is 316 g/mol. The predicted octanol–water partition coefficient (Wildman–Crippen LogP) is 2.81. The van der Waals surface area contributed by atoms with Crippen LogP contribution in [0.25, 0.3) is 11.0 Å². The van der Waals surface area contributed by atoms with Crippen LogP contribution in [0.1, 0.15) is 51.9 Å². The summed E-state index contributed by atoms with van der Waals surface area (Å²) in [5, 5.41) is 8.05. The van der Waals surface area contributed by atoms with Gasteiger partial charge in [-0.1, -0.05) is 0 Å². The van der Waals surface area contributed by atoms with Gasteiger partial charge in [0.2, 0.25) is 5.95 Å². The first kappa shape index (κ1) is 15.7. The molecule has 0 atom stereocenters. The zero-order valence-electron chi connectivity index (χ0n) is 14.8. The molecule has 0 unspecified atom stereocenters. The van der Waals surface area contributed by atoms with Crippen LogP contribution in [0, 0.1) is 20.8 Å². The highest BCUT2D eigenvalue weighted by Crippen LogP contribution is 2.40. The standard InChI is InChI=1S/C18H20N6O/c1-9-7-10(2)20-18(19-9)22-17(25)13-8-14(12-5-6-12)21-16-15(13)11(3)23-24(16)4/h7-8,12H,5-6H2,1-4H3,(H,19,20,22,25). The van der Waals surface area contributed by atoms with E-state index in [1.807, 2.05) is 40.0 Å². The second kappa shape index (κ2) is 5.61. The molecule has 0 aromatic carbocycles. The fourth-order valence-electron chi connectivity index (χ4n) is 3.18. The zero-order valence-corrected chi connectivity index (χ0v) is 14.8. The molecular formula is C18H20N6O. The molecule has 1 N–H and O–H groups in total. The van der Waals surface area contributed by atoms with Crippen LogP contribution in [-0.4, -0.2) is 30.6 Å². The van der Waals surface area contributed by atoms with Crippen LogP contribution in [0.4, 0.5) is 5.95 Å². The van der Waals surface area contributed by atoms with Crippen LogP contribution in [0.15, 0.2) is 12.1 Å². The summed E-state index contributed by atoms with van der Waals surface area (Å²) >= 11 is 0. The average molecular weight is 336 g/mol. The molecule has 1 aliphatic rings. The van der Waals surface area contributed by atoms with Crippen molar-refractivity contribution in [2.75, 3.05) is 5.32 Å². The third-order valence-corrected chi connectivity index (χ3v) is 4.44. The Morgan fingerprint density at radius 1 is 1.12 bits per heavy atom. The van der Waals surface area contributed by atoms with Crippen LogP contribution in [0.3, 0.4) is 0 Å². The van der Waals surface area contributed by atoms with Crippen LogP contribution >= 0.6 is 0 Å². The Morgan fingerprint density at radius 2 is 1.80 bits per heavy atom. The first-order valence-corrected chi connectivity index (χ1v) is 8.40. The van der Waals surface area contributed by atoms with Gasteiger partial charge in [-0.2, -0.15) is 5.10 Å². The zero-order chi connectivity index (χ0) is 17.7. The molecule has 0 bridgehead atoms. The van der Waals surface area contributed by atoms with Crippen molar-refractivity contribution in [2.24, 2.45) is 7.05 Å². The molecule has 1 amide bonds. The molecule has 4 rings (SSSR count). The van der Waals surface area contributed by atoms with E-state index in [9.17, 15) is 4.79 Å². The van der Waals surface area contributed by atoms with E-state index >= 15 is 0 Å². The molecule has 0 saturated heterocycles. The highest BCUT2D eigenvalue weighted by molar-refractivity contribution is 6.12. The first-order chi connectivity index (χ1) is 11.9. The molecule has 1 fully saturated rings. The number of rotatable bonds is 3. The molecule has 3 heterocycles. The largest absolute Gasteiger partial charge is 0.290 e. The number of anilines is 1. The van der Waals surface area contributed by atoms with E-state index < -0.39 is 0 Å². The van der Waals surface area contributed by atoms with Crippen molar-refractivity contribution in [3.8, 4) is 0 Å². The normalized spacial score (nSPS) is 14.1. The summed E-state index contributed by atoms with van der Waals surface area (Å²) in [4.78, 5) is 26.3. The van der Waals surface area contributed by atoms with Gasteiger partial charge in [0.1, 0.15) is 0 Å². The summed E-state index contributed by atoms with van der Waals surface area (Å²) in [5.74, 6) is 0.543. The Kier molecular flexibility index (Phi) is 3.52. The quantitative estimate of drug-likeness (QED) is 0.795. The number of fused-ring (bicyclic) bond motifs is 1. The molecule has 7 heteroatoms. The maximum absolute atomic E-state index is 13.0. The minimum Gasteiger partial charge on any atom is -0.290 e. The highest BCUT2D eigenvalue weighted by atomic mass is 16.1. The Hall–Kier alpha value is -2.83. The number of hydrogen-bond donors (Lipinski definition) is 1. The van der Waals surface area contributed by atoms with Gasteiger partial charge < -0.3 is 0 Å². The Bertz CT molecular complexity index is 982. The second-order valence-electron chi connectivity index (χ2n) is 6.71. The van der Waals surface area contributed by atoms with Gasteiger partial charge in [0, 0.05) is 30.0 Å². The van der Waals surface area contributed by atoms with Gasteiger partial charge in [-0.05, 0) is 45.7 Å². The monoisotopic (exact) mass is 336 g/mol. The lowest BCUT2D eigenvalue weighted by molar-refractivity contribution is 0.102. The SMILES string of the molecule is Cc1cc(C)nc(NC(=O)c2cc(C3CC3)nc3c2c(C)nn3C)n1. The summed E-state index contributed by atoms with van der Waals surface area (Å²) in [6.45, 7) is 5.65. The molecule has 0 radical (unpaired) electrons. The van der Waals surface area contributed by atoms with Crippen molar-refractivity contribution in [3.63, 3.8) is 0 Å². The Balaban J connectivity index is 1.80. The van der Waals surface area contributed by atoms with E-state index in [-0.39, 0.29) is 5.91 Å². The number of nitrogens with zero attached hydrogens (tertiary/aromatic N) is 5. The van der Waals surface area contributed by atoms with E-state index in [0.29, 0.717) is 17.4 Å². The fraction of sp³-hybridized carbons (Fsp3) is 0.389. The van der Waals surface area contributed by atoms with Gasteiger partial charge in [0.05, 0.1) is 16.6 Å². The minimum atomic E-state index is -0.226. The number of pyridine rings is 1. The number of hydrogen-bond acceptors (Lipinski definition) is 5. The summed E-state index contributed by atoms with van der Waals surface area (Å²) in [6.07, 6.45) is 2.24. The average Bonchev–Trinajstić information content (AvgIpc) is 3.33. The molecule has 1 aliphatic carbocycles. The van der Waals surface area contributed by atoms with Crippen molar-refractivity contribution in [1.29, 1.82) is 0 Å². The Labute approximate surface area is 145 Å². The van der Waals surface area contributed by atoms with Crippen LogP contribution in [-0.2, 0) is 7.05 Å². The van der Waals surface area contributed by atoms with Gasteiger partial charge >= 0.3 is 0 Å². The third kappa shape index (κ3) is 2.86. The van der Waals surface area contributed by atoms with Crippen molar-refractivity contribution in [2.45, 2.75) is 39.5 Å². The topological polar surface area (TPSA) is 85.6 Å². The van der Waals surface area contributed by atoms with Crippen molar-refractivity contribution in [3.05, 3.63) is 40.5 Å². The highest BCUT2D eigenvalue weighted by Gasteiger charge is 2.28. The minimum absolute atomic E-state index is 0.226. The van der Waals surface area contributed by atoms with E-state index in [1.165, 1.54) is 0 Å². The molecule has 128 valence electrons.